The Morgan fingerprint density at radius 1 is 0.302 bits per heavy atom. The van der Waals surface area contributed by atoms with Gasteiger partial charge in [-0.2, -0.15) is 0 Å². The van der Waals surface area contributed by atoms with E-state index in [1.165, 1.54) is 27.3 Å². The highest BCUT2D eigenvalue weighted by Crippen LogP contribution is 2.53. The first-order chi connectivity index (χ1) is 26.3. The van der Waals surface area contributed by atoms with Gasteiger partial charge in [0.15, 0.2) is 5.58 Å². The molecule has 0 bridgehead atoms. The van der Waals surface area contributed by atoms with Crippen molar-refractivity contribution in [2.75, 3.05) is 4.90 Å². The first kappa shape index (κ1) is 29.6. The lowest BCUT2D eigenvalue weighted by Crippen LogP contribution is -2.13. The van der Waals surface area contributed by atoms with Crippen molar-refractivity contribution in [1.29, 1.82) is 0 Å². The Morgan fingerprint density at radius 3 is 1.58 bits per heavy atom. The number of nitrogens with zero attached hydrogens (tertiary/aromatic N) is 1. The van der Waals surface area contributed by atoms with Crippen molar-refractivity contribution < 1.29 is 8.83 Å². The third-order valence-electron chi connectivity index (χ3n) is 10.7. The van der Waals surface area contributed by atoms with Crippen LogP contribution in [0.5, 0.6) is 0 Å². The molecular formula is C50H31NO2. The maximum atomic E-state index is 6.83. The fourth-order valence-corrected chi connectivity index (χ4v) is 8.33. The standard InChI is InChI=1S/C50H31NO2/c1-2-14-32(15-3-1)33-28-30-34(31-29-33)47-38-19-6-4-16-35(38)36-17-5-7-20-39(36)49(47)51(42-23-13-27-46-48(42)41-21-9-11-26-45(41)52-46)43-24-12-22-40-37-18-8-10-25-44(37)53-50(40)43/h1-31H. The maximum absolute atomic E-state index is 6.83. The van der Waals surface area contributed by atoms with Gasteiger partial charge in [0.1, 0.15) is 16.7 Å². The molecule has 248 valence electrons. The zero-order valence-corrected chi connectivity index (χ0v) is 28.7. The topological polar surface area (TPSA) is 29.5 Å². The van der Waals surface area contributed by atoms with Crippen molar-refractivity contribution in [1.82, 2.24) is 0 Å². The molecule has 0 radical (unpaired) electrons. The summed E-state index contributed by atoms with van der Waals surface area (Å²) in [5, 5.41) is 9.02. The molecule has 3 heteroatoms. The number of rotatable bonds is 5. The second-order valence-corrected chi connectivity index (χ2v) is 13.6. The quantitative estimate of drug-likeness (QED) is 0.170. The number of para-hydroxylation sites is 3. The lowest BCUT2D eigenvalue weighted by Gasteiger charge is -2.31. The van der Waals surface area contributed by atoms with Crippen molar-refractivity contribution in [3.63, 3.8) is 0 Å². The molecule has 2 aromatic heterocycles. The van der Waals surface area contributed by atoms with Crippen molar-refractivity contribution in [3.05, 3.63) is 188 Å². The van der Waals surface area contributed by atoms with E-state index < -0.39 is 0 Å². The summed E-state index contributed by atoms with van der Waals surface area (Å²) in [6.45, 7) is 0. The minimum absolute atomic E-state index is 0.834. The van der Waals surface area contributed by atoms with Gasteiger partial charge in [-0.05, 0) is 63.2 Å². The third kappa shape index (κ3) is 4.54. The summed E-state index contributed by atoms with van der Waals surface area (Å²) >= 11 is 0. The van der Waals surface area contributed by atoms with Gasteiger partial charge in [-0.25, -0.2) is 0 Å². The first-order valence-electron chi connectivity index (χ1n) is 18.0. The summed E-state index contributed by atoms with van der Waals surface area (Å²) in [5.74, 6) is 0. The molecule has 0 fully saturated rings. The molecule has 11 aromatic rings. The van der Waals surface area contributed by atoms with Crippen LogP contribution in [0.25, 0.3) is 87.7 Å². The largest absolute Gasteiger partial charge is 0.456 e. The minimum Gasteiger partial charge on any atom is -0.456 e. The van der Waals surface area contributed by atoms with E-state index >= 15 is 0 Å². The van der Waals surface area contributed by atoms with Gasteiger partial charge in [-0.3, -0.25) is 0 Å². The first-order valence-corrected chi connectivity index (χ1v) is 18.0. The van der Waals surface area contributed by atoms with E-state index in [2.05, 4.69) is 181 Å². The van der Waals surface area contributed by atoms with Crippen LogP contribution < -0.4 is 4.90 Å². The third-order valence-corrected chi connectivity index (χ3v) is 10.7. The van der Waals surface area contributed by atoms with E-state index in [0.717, 1.165) is 77.5 Å². The highest BCUT2D eigenvalue weighted by atomic mass is 16.3. The van der Waals surface area contributed by atoms with Crippen LogP contribution in [0, 0.1) is 0 Å². The second kappa shape index (κ2) is 11.7. The van der Waals surface area contributed by atoms with Crippen molar-refractivity contribution in [2.24, 2.45) is 0 Å². The summed E-state index contributed by atoms with van der Waals surface area (Å²) in [6.07, 6.45) is 0. The Hall–Kier alpha value is -7.10. The maximum Gasteiger partial charge on any atom is 0.159 e. The lowest BCUT2D eigenvalue weighted by molar-refractivity contribution is 0.668. The molecule has 9 aromatic carbocycles. The zero-order chi connectivity index (χ0) is 34.9. The molecule has 0 aliphatic carbocycles. The molecule has 0 saturated carbocycles. The lowest BCUT2D eigenvalue weighted by atomic mass is 9.89. The summed E-state index contributed by atoms with van der Waals surface area (Å²) in [4.78, 5) is 2.43. The number of anilines is 3. The fraction of sp³-hybridized carbons (Fsp3) is 0. The zero-order valence-electron chi connectivity index (χ0n) is 28.7. The Balaban J connectivity index is 1.32. The molecule has 0 N–H and O–H groups in total. The molecular weight excluding hydrogens is 647 g/mol. The number of hydrogen-bond donors (Lipinski definition) is 0. The van der Waals surface area contributed by atoms with Crippen LogP contribution in [0.15, 0.2) is 197 Å². The summed E-state index contributed by atoms with van der Waals surface area (Å²) in [7, 11) is 0. The Bertz CT molecular complexity index is 3170. The van der Waals surface area contributed by atoms with Crippen LogP contribution in [0.4, 0.5) is 17.1 Å². The molecule has 3 nitrogen and oxygen atoms in total. The Labute approximate surface area is 305 Å². The van der Waals surface area contributed by atoms with E-state index in [1.54, 1.807) is 0 Å². The minimum atomic E-state index is 0.834. The van der Waals surface area contributed by atoms with E-state index in [0.29, 0.717) is 0 Å². The van der Waals surface area contributed by atoms with Crippen LogP contribution in [0.2, 0.25) is 0 Å². The highest BCUT2D eigenvalue weighted by Gasteiger charge is 2.28. The van der Waals surface area contributed by atoms with Crippen molar-refractivity contribution in [3.8, 4) is 22.3 Å². The van der Waals surface area contributed by atoms with Crippen molar-refractivity contribution in [2.45, 2.75) is 0 Å². The van der Waals surface area contributed by atoms with Gasteiger partial charge in [-0.15, -0.1) is 0 Å². The van der Waals surface area contributed by atoms with Crippen LogP contribution in [-0.2, 0) is 0 Å². The van der Waals surface area contributed by atoms with Crippen LogP contribution in [-0.4, -0.2) is 0 Å². The van der Waals surface area contributed by atoms with Crippen molar-refractivity contribution >= 4 is 82.5 Å². The second-order valence-electron chi connectivity index (χ2n) is 13.6. The molecule has 0 saturated heterocycles. The molecule has 0 amide bonds. The molecule has 0 unspecified atom stereocenters. The number of fused-ring (bicyclic) bond motifs is 9. The Kier molecular flexibility index (Phi) is 6.55. The summed E-state index contributed by atoms with van der Waals surface area (Å²) in [5.41, 5.74) is 11.1. The smallest absolute Gasteiger partial charge is 0.159 e. The molecule has 2 heterocycles. The van der Waals surface area contributed by atoms with Gasteiger partial charge in [0.25, 0.3) is 0 Å². The SMILES string of the molecule is c1ccc(-c2ccc(-c3c(N(c4cccc5c4oc4ccccc45)c4cccc5oc6ccccc6c45)c4ccccc4c4ccccc34)cc2)cc1. The van der Waals surface area contributed by atoms with Gasteiger partial charge in [0.2, 0.25) is 0 Å². The number of benzene rings is 9. The van der Waals surface area contributed by atoms with Gasteiger partial charge < -0.3 is 13.7 Å². The normalized spacial score (nSPS) is 11.8. The highest BCUT2D eigenvalue weighted by molar-refractivity contribution is 6.25. The van der Waals surface area contributed by atoms with E-state index in [1.807, 2.05) is 12.1 Å². The number of furan rings is 2. The molecule has 0 atom stereocenters. The molecule has 53 heavy (non-hydrogen) atoms. The summed E-state index contributed by atoms with van der Waals surface area (Å²) < 4.78 is 13.4. The van der Waals surface area contributed by atoms with Gasteiger partial charge in [0, 0.05) is 27.1 Å². The predicted octanol–water partition coefficient (Wildman–Crippen LogP) is 14.6. The average Bonchev–Trinajstić information content (AvgIpc) is 3.81. The van der Waals surface area contributed by atoms with Gasteiger partial charge in [-0.1, -0.05) is 158 Å². The molecule has 11 rings (SSSR count). The van der Waals surface area contributed by atoms with Gasteiger partial charge in [0.05, 0.1) is 22.4 Å². The fourth-order valence-electron chi connectivity index (χ4n) is 8.33. The predicted molar refractivity (Wildman–Crippen MR) is 222 cm³/mol. The molecule has 0 aliphatic heterocycles. The molecule has 0 aliphatic rings. The number of hydrogen-bond acceptors (Lipinski definition) is 3. The van der Waals surface area contributed by atoms with Crippen LogP contribution in [0.1, 0.15) is 0 Å². The average molecular weight is 678 g/mol. The van der Waals surface area contributed by atoms with E-state index in [9.17, 15) is 0 Å². The van der Waals surface area contributed by atoms with E-state index in [-0.39, 0.29) is 0 Å². The van der Waals surface area contributed by atoms with Gasteiger partial charge >= 0.3 is 0 Å². The molecule has 0 spiro atoms. The monoisotopic (exact) mass is 677 g/mol. The van der Waals surface area contributed by atoms with Crippen LogP contribution >= 0.6 is 0 Å². The Morgan fingerprint density at radius 2 is 0.811 bits per heavy atom. The summed E-state index contributed by atoms with van der Waals surface area (Å²) in [6, 6.07) is 66.8. The van der Waals surface area contributed by atoms with Crippen LogP contribution in [0.3, 0.4) is 0 Å². The van der Waals surface area contributed by atoms with E-state index in [4.69, 9.17) is 8.83 Å².